The van der Waals surface area contributed by atoms with Crippen LogP contribution < -0.4 is 16.4 Å². The molecule has 0 aliphatic carbocycles. The molecule has 1 fully saturated rings. The molecule has 0 spiro atoms. The lowest BCUT2D eigenvalue weighted by atomic mass is 10.1. The van der Waals surface area contributed by atoms with Crippen LogP contribution in [0.2, 0.25) is 0 Å². The Kier molecular flexibility index (Phi) is 6.44. The van der Waals surface area contributed by atoms with E-state index in [1.807, 2.05) is 12.1 Å². The summed E-state index contributed by atoms with van der Waals surface area (Å²) < 4.78 is 5.39. The second-order valence-corrected chi connectivity index (χ2v) is 7.49. The highest BCUT2D eigenvalue weighted by atomic mass is 16.5. The Bertz CT molecular complexity index is 966. The number of hydrogen-bond donors (Lipinski definition) is 4. The van der Waals surface area contributed by atoms with Crippen molar-refractivity contribution < 1.29 is 14.6 Å². The zero-order chi connectivity index (χ0) is 21.6. The minimum atomic E-state index is -0.648. The lowest BCUT2D eigenvalue weighted by molar-refractivity contribution is -0.114. The van der Waals surface area contributed by atoms with Crippen LogP contribution in [0.1, 0.15) is 11.1 Å². The van der Waals surface area contributed by atoms with E-state index < -0.39 is 12.1 Å². The van der Waals surface area contributed by atoms with Gasteiger partial charge in [0.05, 0.1) is 13.2 Å². The van der Waals surface area contributed by atoms with E-state index in [0.717, 1.165) is 44.1 Å². The molecule has 9 heteroatoms. The van der Waals surface area contributed by atoms with Gasteiger partial charge in [-0.15, -0.1) is 5.11 Å². The predicted octanol–water partition coefficient (Wildman–Crippen LogP) is 1.91. The summed E-state index contributed by atoms with van der Waals surface area (Å²) >= 11 is 0. The van der Waals surface area contributed by atoms with E-state index in [4.69, 9.17) is 10.5 Å². The molecule has 0 aromatic heterocycles. The van der Waals surface area contributed by atoms with Crippen LogP contribution in [-0.2, 0) is 22.6 Å². The number of phenolic OH excluding ortho intramolecular Hbond substituents is 1. The van der Waals surface area contributed by atoms with Crippen molar-refractivity contribution in [2.45, 2.75) is 19.3 Å². The van der Waals surface area contributed by atoms with Gasteiger partial charge in [0.1, 0.15) is 11.3 Å². The second-order valence-electron chi connectivity index (χ2n) is 7.49. The number of phenols is 1. The SMILES string of the molecule is NC(=O)C1=C(NCc2ccc(O)cc2)N=NC1Nc1ccc(CN2CCOCC2)cc1. The van der Waals surface area contributed by atoms with Crippen LogP contribution in [0.4, 0.5) is 5.69 Å². The van der Waals surface area contributed by atoms with Crippen LogP contribution in [0, 0.1) is 0 Å². The van der Waals surface area contributed by atoms with E-state index in [0.29, 0.717) is 12.4 Å². The number of aromatic hydroxyl groups is 1. The normalized spacial score (nSPS) is 18.9. The Labute approximate surface area is 180 Å². The van der Waals surface area contributed by atoms with Crippen molar-refractivity contribution in [3.63, 3.8) is 0 Å². The maximum Gasteiger partial charge on any atom is 0.252 e. The number of hydrogen-bond acceptors (Lipinski definition) is 8. The number of ether oxygens (including phenoxy) is 1. The number of rotatable bonds is 8. The van der Waals surface area contributed by atoms with Gasteiger partial charge in [0.15, 0.2) is 12.0 Å². The van der Waals surface area contributed by atoms with Gasteiger partial charge in [0, 0.05) is 31.9 Å². The molecular weight excluding hydrogens is 396 g/mol. The Morgan fingerprint density at radius 2 is 1.77 bits per heavy atom. The van der Waals surface area contributed by atoms with E-state index in [1.165, 1.54) is 5.56 Å². The number of primary amides is 1. The van der Waals surface area contributed by atoms with Gasteiger partial charge >= 0.3 is 0 Å². The highest BCUT2D eigenvalue weighted by Crippen LogP contribution is 2.23. The van der Waals surface area contributed by atoms with Crippen molar-refractivity contribution in [3.05, 3.63) is 71.1 Å². The summed E-state index contributed by atoms with van der Waals surface area (Å²) in [7, 11) is 0. The van der Waals surface area contributed by atoms with Gasteiger partial charge < -0.3 is 26.2 Å². The van der Waals surface area contributed by atoms with Crippen LogP contribution in [0.25, 0.3) is 0 Å². The summed E-state index contributed by atoms with van der Waals surface area (Å²) in [6, 6.07) is 14.8. The topological polar surface area (TPSA) is 125 Å². The minimum Gasteiger partial charge on any atom is -0.508 e. The molecule has 9 nitrogen and oxygen atoms in total. The van der Waals surface area contributed by atoms with Crippen molar-refractivity contribution in [1.82, 2.24) is 10.2 Å². The lowest BCUT2D eigenvalue weighted by Crippen LogP contribution is -2.35. The molecule has 2 aliphatic rings. The number of nitrogens with zero attached hydrogens (tertiary/aromatic N) is 3. The Morgan fingerprint density at radius 3 is 2.45 bits per heavy atom. The third-order valence-electron chi connectivity index (χ3n) is 5.23. The third-order valence-corrected chi connectivity index (χ3v) is 5.23. The van der Waals surface area contributed by atoms with Crippen LogP contribution in [0.5, 0.6) is 5.75 Å². The molecule has 1 saturated heterocycles. The molecular formula is C22H26N6O3. The lowest BCUT2D eigenvalue weighted by Gasteiger charge is -2.26. The molecule has 0 saturated carbocycles. The number of amides is 1. The zero-order valence-corrected chi connectivity index (χ0v) is 17.1. The molecule has 2 heterocycles. The average Bonchev–Trinajstić information content (AvgIpc) is 3.18. The summed E-state index contributed by atoms with van der Waals surface area (Å²) in [6.07, 6.45) is -0.648. The molecule has 5 N–H and O–H groups in total. The monoisotopic (exact) mass is 422 g/mol. The van der Waals surface area contributed by atoms with Crippen LogP contribution in [-0.4, -0.2) is 48.4 Å². The summed E-state index contributed by atoms with van der Waals surface area (Å²) in [5, 5.41) is 24.0. The first-order valence-corrected chi connectivity index (χ1v) is 10.2. The molecule has 162 valence electrons. The number of carbonyl (C=O) groups excluding carboxylic acids is 1. The average molecular weight is 422 g/mol. The third kappa shape index (κ3) is 5.39. The number of morpholine rings is 1. The number of nitrogens with one attached hydrogen (secondary N) is 2. The molecule has 0 radical (unpaired) electrons. The Hall–Kier alpha value is -3.43. The second kappa shape index (κ2) is 9.59. The highest BCUT2D eigenvalue weighted by molar-refractivity contribution is 5.94. The van der Waals surface area contributed by atoms with Gasteiger partial charge in [-0.3, -0.25) is 9.69 Å². The van der Waals surface area contributed by atoms with Crippen molar-refractivity contribution in [3.8, 4) is 5.75 Å². The number of carbonyl (C=O) groups is 1. The maximum absolute atomic E-state index is 12.1. The molecule has 1 amide bonds. The first-order chi connectivity index (χ1) is 15.1. The van der Waals surface area contributed by atoms with Crippen LogP contribution in [0.3, 0.4) is 0 Å². The Morgan fingerprint density at radius 1 is 1.10 bits per heavy atom. The van der Waals surface area contributed by atoms with E-state index in [-0.39, 0.29) is 11.3 Å². The molecule has 1 atom stereocenters. The molecule has 2 aromatic rings. The van der Waals surface area contributed by atoms with Crippen LogP contribution >= 0.6 is 0 Å². The van der Waals surface area contributed by atoms with Crippen molar-refractivity contribution in [2.75, 3.05) is 31.6 Å². The maximum atomic E-state index is 12.1. The van der Waals surface area contributed by atoms with Gasteiger partial charge in [-0.05, 0) is 35.4 Å². The predicted molar refractivity (Wildman–Crippen MR) is 116 cm³/mol. The first kappa shape index (κ1) is 20.8. The van der Waals surface area contributed by atoms with Crippen molar-refractivity contribution in [1.29, 1.82) is 0 Å². The summed E-state index contributed by atoms with van der Waals surface area (Å²) in [5.41, 5.74) is 8.86. The van der Waals surface area contributed by atoms with Crippen molar-refractivity contribution >= 4 is 11.6 Å². The minimum absolute atomic E-state index is 0.196. The fourth-order valence-electron chi connectivity index (χ4n) is 3.52. The van der Waals surface area contributed by atoms with Gasteiger partial charge in [-0.2, -0.15) is 5.11 Å². The number of nitrogens with two attached hydrogens (primary N) is 1. The van der Waals surface area contributed by atoms with Gasteiger partial charge in [-0.1, -0.05) is 24.3 Å². The fourth-order valence-corrected chi connectivity index (χ4v) is 3.52. The molecule has 2 aliphatic heterocycles. The van der Waals surface area contributed by atoms with E-state index >= 15 is 0 Å². The number of benzene rings is 2. The smallest absolute Gasteiger partial charge is 0.252 e. The van der Waals surface area contributed by atoms with E-state index in [1.54, 1.807) is 24.3 Å². The fraction of sp³-hybridized carbons (Fsp3) is 0.318. The molecule has 1 unspecified atom stereocenters. The summed E-state index contributed by atoms with van der Waals surface area (Å²) in [5.74, 6) is -0.0387. The van der Waals surface area contributed by atoms with Crippen molar-refractivity contribution in [2.24, 2.45) is 16.0 Å². The van der Waals surface area contributed by atoms with Gasteiger partial charge in [0.25, 0.3) is 5.91 Å². The van der Waals surface area contributed by atoms with Gasteiger partial charge in [0.2, 0.25) is 0 Å². The van der Waals surface area contributed by atoms with E-state index in [9.17, 15) is 9.90 Å². The molecule has 4 rings (SSSR count). The standard InChI is InChI=1S/C22H26N6O3/c23-20(30)19-21(24-13-15-3-7-18(29)8-4-15)26-27-22(19)25-17-5-1-16(2-6-17)14-28-9-11-31-12-10-28/h1-8,22,24-25,29H,9-14H2,(H2,23,30). The van der Waals surface area contributed by atoms with Gasteiger partial charge in [-0.25, -0.2) is 0 Å². The first-order valence-electron chi connectivity index (χ1n) is 10.2. The Balaban J connectivity index is 1.38. The highest BCUT2D eigenvalue weighted by Gasteiger charge is 2.28. The largest absolute Gasteiger partial charge is 0.508 e. The summed E-state index contributed by atoms with van der Waals surface area (Å²) in [6.45, 7) is 4.73. The molecule has 31 heavy (non-hydrogen) atoms. The number of azo groups is 1. The summed E-state index contributed by atoms with van der Waals surface area (Å²) in [4.78, 5) is 14.4. The van der Waals surface area contributed by atoms with Crippen LogP contribution in [0.15, 0.2) is 70.2 Å². The van der Waals surface area contributed by atoms with E-state index in [2.05, 4.69) is 37.9 Å². The zero-order valence-electron chi connectivity index (χ0n) is 17.1. The quantitative estimate of drug-likeness (QED) is 0.515. The molecule has 0 bridgehead atoms. The number of anilines is 1. The molecule has 2 aromatic carbocycles.